The van der Waals surface area contributed by atoms with E-state index in [0.29, 0.717) is 0 Å². The first-order chi connectivity index (χ1) is 13.5. The van der Waals surface area contributed by atoms with Gasteiger partial charge in [-0.2, -0.15) is 0 Å². The Morgan fingerprint density at radius 2 is 1.96 bits per heavy atom. The number of hydrogen-bond donors (Lipinski definition) is 3. The van der Waals surface area contributed by atoms with Gasteiger partial charge in [-0.15, -0.1) is 0 Å². The highest BCUT2D eigenvalue weighted by Gasteiger charge is 2.15. The minimum Gasteiger partial charge on any atom is -0.508 e. The molecule has 0 bridgehead atoms. The molecule has 8 heteroatoms. The Labute approximate surface area is 158 Å². The zero-order valence-electron chi connectivity index (χ0n) is 14.5. The number of alkyl halides is 1. The smallest absolute Gasteiger partial charge is 0.259 e. The molecule has 0 saturated heterocycles. The number of phenols is 1. The summed E-state index contributed by atoms with van der Waals surface area (Å²) < 4.78 is 32.0. The van der Waals surface area contributed by atoms with Gasteiger partial charge >= 0.3 is 0 Å². The van der Waals surface area contributed by atoms with E-state index in [1.165, 1.54) is 42.6 Å². The van der Waals surface area contributed by atoms with Crippen LogP contribution in [-0.2, 0) is 13.3 Å². The maximum Gasteiger partial charge on any atom is 0.259 e. The quantitative estimate of drug-likeness (QED) is 0.605. The summed E-state index contributed by atoms with van der Waals surface area (Å²) in [4.78, 5) is 26.4. The van der Waals surface area contributed by atoms with Crippen LogP contribution in [0.3, 0.4) is 0 Å². The summed E-state index contributed by atoms with van der Waals surface area (Å²) in [5, 5.41) is 12.3. The van der Waals surface area contributed by atoms with Gasteiger partial charge in [-0.3, -0.25) is 9.59 Å². The van der Waals surface area contributed by atoms with Crippen molar-refractivity contribution in [3.63, 3.8) is 0 Å². The highest BCUT2D eigenvalue weighted by Crippen LogP contribution is 2.26. The average molecular weight is 386 g/mol. The number of amides is 1. The number of rotatable bonds is 6. The lowest BCUT2D eigenvalue weighted by Crippen LogP contribution is -2.16. The molecule has 1 heterocycles. The first-order valence-electron chi connectivity index (χ1n) is 8.25. The van der Waals surface area contributed by atoms with Crippen LogP contribution < -0.4 is 15.6 Å². The highest BCUT2D eigenvalue weighted by atomic mass is 19.1. The number of aromatic hydroxyl groups is 1. The van der Waals surface area contributed by atoms with E-state index < -0.39 is 18.4 Å². The molecule has 0 atom stereocenters. The van der Waals surface area contributed by atoms with Crippen LogP contribution in [0.5, 0.6) is 11.5 Å². The zero-order chi connectivity index (χ0) is 20.1. The fourth-order valence-corrected chi connectivity index (χ4v) is 2.50. The molecular weight excluding hydrogens is 370 g/mol. The van der Waals surface area contributed by atoms with E-state index in [2.05, 4.69) is 10.3 Å². The molecule has 6 nitrogen and oxygen atoms in total. The van der Waals surface area contributed by atoms with E-state index in [0.717, 1.165) is 12.1 Å². The number of halogens is 2. The van der Waals surface area contributed by atoms with Crippen molar-refractivity contribution in [3.05, 3.63) is 87.6 Å². The molecule has 3 N–H and O–H groups in total. The fraction of sp³-hybridized carbons (Fsp3) is 0.100. The monoisotopic (exact) mass is 386 g/mol. The predicted octanol–water partition coefficient (Wildman–Crippen LogP) is 3.52. The third-order valence-electron chi connectivity index (χ3n) is 3.90. The van der Waals surface area contributed by atoms with E-state index in [9.17, 15) is 23.5 Å². The van der Waals surface area contributed by atoms with Crippen molar-refractivity contribution in [3.8, 4) is 11.5 Å². The van der Waals surface area contributed by atoms with Crippen LogP contribution in [-0.4, -0.2) is 16.0 Å². The molecule has 3 rings (SSSR count). The van der Waals surface area contributed by atoms with Crippen molar-refractivity contribution < 1.29 is 23.4 Å². The Hall–Kier alpha value is -3.68. The zero-order valence-corrected chi connectivity index (χ0v) is 14.5. The van der Waals surface area contributed by atoms with Crippen LogP contribution in [0.4, 0.5) is 14.5 Å². The third-order valence-corrected chi connectivity index (χ3v) is 3.90. The van der Waals surface area contributed by atoms with E-state index in [-0.39, 0.29) is 46.0 Å². The van der Waals surface area contributed by atoms with Crippen LogP contribution in [0.15, 0.2) is 59.5 Å². The minimum atomic E-state index is -0.766. The number of hydrogen-bond acceptors (Lipinski definition) is 4. The number of nitrogens with one attached hydrogen (secondary N) is 2. The maximum atomic E-state index is 13.4. The van der Waals surface area contributed by atoms with Gasteiger partial charge in [0.25, 0.3) is 5.91 Å². The number of anilines is 1. The van der Waals surface area contributed by atoms with Crippen molar-refractivity contribution >= 4 is 11.6 Å². The van der Waals surface area contributed by atoms with Crippen LogP contribution >= 0.6 is 0 Å². The summed E-state index contributed by atoms with van der Waals surface area (Å²) in [7, 11) is 0. The van der Waals surface area contributed by atoms with Gasteiger partial charge in [0.1, 0.15) is 30.6 Å². The Morgan fingerprint density at radius 3 is 2.71 bits per heavy atom. The summed E-state index contributed by atoms with van der Waals surface area (Å²) in [5.41, 5.74) is 0.437. The molecule has 0 spiro atoms. The fourth-order valence-electron chi connectivity index (χ4n) is 2.50. The Balaban J connectivity index is 1.86. The summed E-state index contributed by atoms with van der Waals surface area (Å²) >= 11 is 0. The summed E-state index contributed by atoms with van der Waals surface area (Å²) in [6.07, 6.45) is 1.38. The van der Waals surface area contributed by atoms with Gasteiger partial charge in [0.2, 0.25) is 5.56 Å². The molecule has 0 aliphatic heterocycles. The number of H-pyrrole nitrogens is 1. The van der Waals surface area contributed by atoms with Gasteiger partial charge in [-0.05, 0) is 42.0 Å². The van der Waals surface area contributed by atoms with Crippen LogP contribution in [0.25, 0.3) is 0 Å². The predicted molar refractivity (Wildman–Crippen MR) is 98.7 cm³/mol. The largest absolute Gasteiger partial charge is 0.508 e. The topological polar surface area (TPSA) is 91.4 Å². The number of aromatic nitrogens is 1. The lowest BCUT2D eigenvalue weighted by Gasteiger charge is -2.13. The molecule has 2 aromatic carbocycles. The molecule has 3 aromatic rings. The normalized spacial score (nSPS) is 10.5. The van der Waals surface area contributed by atoms with E-state index in [1.807, 2.05) is 0 Å². The van der Waals surface area contributed by atoms with Crippen LogP contribution in [0.2, 0.25) is 0 Å². The number of phenolic OH excluding ortho intramolecular Hbond substituents is 1. The lowest BCUT2D eigenvalue weighted by atomic mass is 10.1. The highest BCUT2D eigenvalue weighted by molar-refractivity contribution is 6.06. The average Bonchev–Trinajstić information content (AvgIpc) is 2.68. The molecular formula is C20H16F2N2O4. The second-order valence-electron chi connectivity index (χ2n) is 5.92. The van der Waals surface area contributed by atoms with Gasteiger partial charge in [-0.25, -0.2) is 8.78 Å². The first-order valence-corrected chi connectivity index (χ1v) is 8.25. The molecule has 0 unspecified atom stereocenters. The molecule has 28 heavy (non-hydrogen) atoms. The molecule has 0 aliphatic carbocycles. The van der Waals surface area contributed by atoms with E-state index in [1.54, 1.807) is 0 Å². The second-order valence-corrected chi connectivity index (χ2v) is 5.92. The van der Waals surface area contributed by atoms with Gasteiger partial charge in [0.05, 0.1) is 5.56 Å². The molecule has 0 saturated carbocycles. The number of aromatic amines is 1. The second kappa shape index (κ2) is 8.34. The number of carbonyl (C=O) groups is 1. The Kier molecular flexibility index (Phi) is 5.69. The first kappa shape index (κ1) is 19.1. The molecule has 1 amide bonds. The van der Waals surface area contributed by atoms with Gasteiger partial charge in [-0.1, -0.05) is 6.07 Å². The molecule has 144 valence electrons. The lowest BCUT2D eigenvalue weighted by molar-refractivity contribution is 0.102. The van der Waals surface area contributed by atoms with Crippen molar-refractivity contribution in [2.24, 2.45) is 0 Å². The SMILES string of the molecule is O=C(Nc1cc[nH]c(=O)c1)c1ccc(CF)cc1OCc1cc(F)ccc1O. The number of ether oxygens (including phenoxy) is 1. The van der Waals surface area contributed by atoms with Gasteiger partial charge in [0.15, 0.2) is 0 Å². The van der Waals surface area contributed by atoms with Gasteiger partial charge < -0.3 is 20.1 Å². The Morgan fingerprint density at radius 1 is 1.14 bits per heavy atom. The Bertz CT molecular complexity index is 1070. The third kappa shape index (κ3) is 4.53. The van der Waals surface area contributed by atoms with Crippen molar-refractivity contribution in [2.45, 2.75) is 13.3 Å². The van der Waals surface area contributed by atoms with Gasteiger partial charge in [0, 0.05) is 23.5 Å². The molecule has 0 radical (unpaired) electrons. The van der Waals surface area contributed by atoms with Crippen LogP contribution in [0.1, 0.15) is 21.5 Å². The minimum absolute atomic E-state index is 0.0566. The molecule has 0 fully saturated rings. The number of benzene rings is 2. The summed E-state index contributed by atoms with van der Waals surface area (Å²) in [6, 6.07) is 10.3. The number of carbonyl (C=O) groups excluding carboxylic acids is 1. The van der Waals surface area contributed by atoms with E-state index >= 15 is 0 Å². The van der Waals surface area contributed by atoms with E-state index in [4.69, 9.17) is 4.74 Å². The van der Waals surface area contributed by atoms with Crippen molar-refractivity contribution in [1.82, 2.24) is 4.98 Å². The standard InChI is InChI=1S/C20H16F2N2O4/c21-10-12-1-3-16(20(27)24-15-5-6-23-19(26)9-15)18(7-12)28-11-13-8-14(22)2-4-17(13)25/h1-9,25H,10-11H2,(H2,23,24,26,27). The summed E-state index contributed by atoms with van der Waals surface area (Å²) in [5.74, 6) is -1.24. The van der Waals surface area contributed by atoms with Crippen molar-refractivity contribution in [1.29, 1.82) is 0 Å². The maximum absolute atomic E-state index is 13.4. The van der Waals surface area contributed by atoms with Crippen molar-refractivity contribution in [2.75, 3.05) is 5.32 Å². The number of pyridine rings is 1. The van der Waals surface area contributed by atoms with Crippen LogP contribution in [0, 0.1) is 5.82 Å². The molecule has 0 aliphatic rings. The molecule has 1 aromatic heterocycles. The summed E-state index contributed by atoms with van der Waals surface area (Å²) in [6.45, 7) is -0.998.